The van der Waals surface area contributed by atoms with Gasteiger partial charge in [-0.1, -0.05) is 25.5 Å². The molecule has 1 unspecified atom stereocenters. The molecule has 2 heteroatoms. The highest BCUT2D eigenvalue weighted by atomic mass is 15.0. The summed E-state index contributed by atoms with van der Waals surface area (Å²) in [6, 6.07) is 0.585. The van der Waals surface area contributed by atoms with Gasteiger partial charge in [0.05, 0.1) is 0 Å². The first-order chi connectivity index (χ1) is 7.51. The smallest absolute Gasteiger partial charge is 0.0280 e. The van der Waals surface area contributed by atoms with E-state index in [4.69, 9.17) is 0 Å². The van der Waals surface area contributed by atoms with E-state index >= 15 is 0 Å². The zero-order valence-electron chi connectivity index (χ0n) is 11.6. The topological polar surface area (TPSA) is 24.1 Å². The van der Waals surface area contributed by atoms with Crippen molar-refractivity contribution in [3.8, 4) is 0 Å². The second-order valence-electron chi connectivity index (χ2n) is 5.48. The molecule has 94 valence electrons. The third kappa shape index (κ3) is 3.33. The molecular formula is C14H28N2. The lowest BCUT2D eigenvalue weighted by atomic mass is 9.75. The summed E-state index contributed by atoms with van der Waals surface area (Å²) in [4.78, 5) is 0. The van der Waals surface area contributed by atoms with Crippen molar-refractivity contribution < 1.29 is 0 Å². The summed E-state index contributed by atoms with van der Waals surface area (Å²) in [6.07, 6.45) is 4.89. The van der Waals surface area contributed by atoms with Gasteiger partial charge in [-0.2, -0.15) is 0 Å². The van der Waals surface area contributed by atoms with E-state index < -0.39 is 0 Å². The van der Waals surface area contributed by atoms with Crippen molar-refractivity contribution in [1.29, 1.82) is 0 Å². The minimum atomic E-state index is 0.250. The molecule has 0 spiro atoms. The predicted molar refractivity (Wildman–Crippen MR) is 71.7 cm³/mol. The van der Waals surface area contributed by atoms with Crippen LogP contribution in [0.3, 0.4) is 0 Å². The monoisotopic (exact) mass is 224 g/mol. The maximum Gasteiger partial charge on any atom is 0.0280 e. The van der Waals surface area contributed by atoms with Gasteiger partial charge < -0.3 is 10.6 Å². The number of hydrogen-bond acceptors (Lipinski definition) is 2. The van der Waals surface area contributed by atoms with Crippen LogP contribution in [0.5, 0.6) is 0 Å². The van der Waals surface area contributed by atoms with Gasteiger partial charge in [0.25, 0.3) is 0 Å². The van der Waals surface area contributed by atoms with E-state index in [1.165, 1.54) is 18.4 Å². The molecule has 0 radical (unpaired) electrons. The van der Waals surface area contributed by atoms with Crippen molar-refractivity contribution >= 4 is 0 Å². The molecule has 0 saturated carbocycles. The van der Waals surface area contributed by atoms with Gasteiger partial charge in [0.15, 0.2) is 0 Å². The minimum absolute atomic E-state index is 0.250. The van der Waals surface area contributed by atoms with Gasteiger partial charge in [-0.3, -0.25) is 0 Å². The van der Waals surface area contributed by atoms with Crippen molar-refractivity contribution in [2.75, 3.05) is 13.1 Å². The van der Waals surface area contributed by atoms with Crippen LogP contribution in [0.25, 0.3) is 0 Å². The maximum absolute atomic E-state index is 3.61. The molecule has 0 aromatic heterocycles. The zero-order valence-corrected chi connectivity index (χ0v) is 11.6. The Morgan fingerprint density at radius 2 is 2.00 bits per heavy atom. The van der Waals surface area contributed by atoms with Gasteiger partial charge in [-0.15, -0.1) is 0 Å². The van der Waals surface area contributed by atoms with Gasteiger partial charge in [-0.25, -0.2) is 0 Å². The fraction of sp³-hybridized carbons (Fsp3) is 0.857. The Labute approximate surface area is 101 Å². The molecule has 2 atom stereocenters. The van der Waals surface area contributed by atoms with Gasteiger partial charge in [0.2, 0.25) is 0 Å². The molecule has 0 fully saturated rings. The predicted octanol–water partition coefficient (Wildman–Crippen LogP) is 2.71. The summed E-state index contributed by atoms with van der Waals surface area (Å²) in [5, 5.41) is 7.19. The quantitative estimate of drug-likeness (QED) is 0.702. The first kappa shape index (κ1) is 13.7. The Hall–Kier alpha value is -0.340. The van der Waals surface area contributed by atoms with Gasteiger partial charge in [0.1, 0.15) is 0 Å². The van der Waals surface area contributed by atoms with E-state index in [9.17, 15) is 0 Å². The molecule has 0 heterocycles. The SMILES string of the molecule is CCN[C@H]1CC(C(C)(C)NCC)CC=C1C. The van der Waals surface area contributed by atoms with E-state index in [1.807, 2.05) is 0 Å². The van der Waals surface area contributed by atoms with Crippen LogP contribution >= 0.6 is 0 Å². The van der Waals surface area contributed by atoms with Crippen molar-refractivity contribution in [3.63, 3.8) is 0 Å². The number of nitrogens with one attached hydrogen (secondary N) is 2. The third-order valence-electron chi connectivity index (χ3n) is 3.90. The molecule has 0 saturated heterocycles. The lowest BCUT2D eigenvalue weighted by Crippen LogP contribution is -2.49. The van der Waals surface area contributed by atoms with E-state index in [0.29, 0.717) is 6.04 Å². The third-order valence-corrected chi connectivity index (χ3v) is 3.90. The molecule has 16 heavy (non-hydrogen) atoms. The average Bonchev–Trinajstić information content (AvgIpc) is 2.21. The minimum Gasteiger partial charge on any atom is -0.312 e. The first-order valence-corrected chi connectivity index (χ1v) is 6.66. The normalized spacial score (nSPS) is 26.7. The van der Waals surface area contributed by atoms with Crippen LogP contribution < -0.4 is 10.6 Å². The summed E-state index contributed by atoms with van der Waals surface area (Å²) in [6.45, 7) is 13.4. The van der Waals surface area contributed by atoms with Crippen LogP contribution in [0.2, 0.25) is 0 Å². The number of hydrogen-bond donors (Lipinski definition) is 2. The second kappa shape index (κ2) is 5.83. The Morgan fingerprint density at radius 3 is 2.56 bits per heavy atom. The number of allylic oxidation sites excluding steroid dienone is 1. The van der Waals surface area contributed by atoms with E-state index in [2.05, 4.69) is 51.3 Å². The second-order valence-corrected chi connectivity index (χ2v) is 5.48. The van der Waals surface area contributed by atoms with Gasteiger partial charge in [-0.05, 0) is 52.6 Å². The van der Waals surface area contributed by atoms with Crippen LogP contribution in [0, 0.1) is 5.92 Å². The molecule has 0 aromatic rings. The Bertz CT molecular complexity index is 243. The summed E-state index contributed by atoms with van der Waals surface area (Å²) in [5.41, 5.74) is 1.77. The van der Waals surface area contributed by atoms with Crippen LogP contribution in [-0.2, 0) is 0 Å². The molecule has 2 N–H and O–H groups in total. The number of likely N-dealkylation sites (N-methyl/N-ethyl adjacent to an activating group) is 1. The van der Waals surface area contributed by atoms with E-state index in [0.717, 1.165) is 19.0 Å². The molecule has 0 aromatic carbocycles. The van der Waals surface area contributed by atoms with Crippen LogP contribution in [0.1, 0.15) is 47.5 Å². The Kier molecular flexibility index (Phi) is 5.00. The molecule has 2 nitrogen and oxygen atoms in total. The van der Waals surface area contributed by atoms with Crippen LogP contribution in [0.4, 0.5) is 0 Å². The summed E-state index contributed by atoms with van der Waals surface area (Å²) >= 11 is 0. The van der Waals surface area contributed by atoms with Crippen molar-refractivity contribution in [3.05, 3.63) is 11.6 Å². The average molecular weight is 224 g/mol. The van der Waals surface area contributed by atoms with Crippen LogP contribution in [0.15, 0.2) is 11.6 Å². The Morgan fingerprint density at radius 1 is 1.31 bits per heavy atom. The van der Waals surface area contributed by atoms with Gasteiger partial charge in [0, 0.05) is 11.6 Å². The molecule has 1 aliphatic rings. The highest BCUT2D eigenvalue weighted by Gasteiger charge is 2.32. The number of rotatable bonds is 5. The molecule has 0 bridgehead atoms. The Balaban J connectivity index is 2.65. The molecule has 0 aliphatic heterocycles. The molecule has 1 rings (SSSR count). The van der Waals surface area contributed by atoms with E-state index in [1.54, 1.807) is 0 Å². The highest BCUT2D eigenvalue weighted by Crippen LogP contribution is 2.31. The summed E-state index contributed by atoms with van der Waals surface area (Å²) < 4.78 is 0. The highest BCUT2D eigenvalue weighted by molar-refractivity contribution is 5.14. The van der Waals surface area contributed by atoms with Gasteiger partial charge >= 0.3 is 0 Å². The summed E-state index contributed by atoms with van der Waals surface area (Å²) in [5.74, 6) is 0.736. The standard InChI is InChI=1S/C14H28N2/c1-6-15-13-10-12(9-8-11(13)3)14(4,5)16-7-2/h8,12-13,15-16H,6-7,9-10H2,1-5H3/t12?,13-/m0/s1. The molecule has 0 amide bonds. The fourth-order valence-corrected chi connectivity index (χ4v) is 2.72. The molecule has 1 aliphatic carbocycles. The zero-order chi connectivity index (χ0) is 12.2. The van der Waals surface area contributed by atoms with Crippen LogP contribution in [-0.4, -0.2) is 24.7 Å². The summed E-state index contributed by atoms with van der Waals surface area (Å²) in [7, 11) is 0. The molecular weight excluding hydrogens is 196 g/mol. The lowest BCUT2D eigenvalue weighted by Gasteiger charge is -2.40. The van der Waals surface area contributed by atoms with Crippen molar-refractivity contribution in [1.82, 2.24) is 10.6 Å². The van der Waals surface area contributed by atoms with Crippen molar-refractivity contribution in [2.24, 2.45) is 5.92 Å². The maximum atomic E-state index is 3.61. The fourth-order valence-electron chi connectivity index (χ4n) is 2.72. The largest absolute Gasteiger partial charge is 0.312 e. The first-order valence-electron chi connectivity index (χ1n) is 6.66. The van der Waals surface area contributed by atoms with E-state index in [-0.39, 0.29) is 5.54 Å². The van der Waals surface area contributed by atoms with Crippen molar-refractivity contribution in [2.45, 2.75) is 59.0 Å². The lowest BCUT2D eigenvalue weighted by molar-refractivity contribution is 0.221.